The van der Waals surface area contributed by atoms with E-state index in [1.54, 1.807) is 23.0 Å². The lowest BCUT2D eigenvalue weighted by Gasteiger charge is -2.15. The van der Waals surface area contributed by atoms with Crippen molar-refractivity contribution >= 4 is 0 Å². The maximum atomic E-state index is 13.0. The first-order valence-corrected chi connectivity index (χ1v) is 5.30. The molecule has 0 spiro atoms. The van der Waals surface area contributed by atoms with Gasteiger partial charge in [0.2, 0.25) is 0 Å². The minimum absolute atomic E-state index is 0.308. The van der Waals surface area contributed by atoms with Crippen LogP contribution in [0.1, 0.15) is 11.7 Å². The molecule has 0 aliphatic carbocycles. The van der Waals surface area contributed by atoms with Crippen LogP contribution in [-0.4, -0.2) is 16.3 Å². The van der Waals surface area contributed by atoms with E-state index in [4.69, 9.17) is 10.5 Å². The third kappa shape index (κ3) is 2.82. The fourth-order valence-corrected chi connectivity index (χ4v) is 1.56. The molecule has 0 aliphatic rings. The second-order valence-electron chi connectivity index (χ2n) is 3.75. The minimum Gasteiger partial charge on any atom is -0.484 e. The Morgan fingerprint density at radius 1 is 1.53 bits per heavy atom. The minimum atomic E-state index is -0.329. The van der Waals surface area contributed by atoms with Crippen molar-refractivity contribution < 1.29 is 9.13 Å². The van der Waals surface area contributed by atoms with Gasteiger partial charge in [-0.2, -0.15) is 5.10 Å². The van der Waals surface area contributed by atoms with E-state index in [2.05, 4.69) is 5.10 Å². The summed E-state index contributed by atoms with van der Waals surface area (Å²) in [5.41, 5.74) is 6.52. The first kappa shape index (κ1) is 11.6. The molecule has 0 bridgehead atoms. The highest BCUT2D eigenvalue weighted by Gasteiger charge is 2.13. The maximum absolute atomic E-state index is 13.0. The highest BCUT2D eigenvalue weighted by Crippen LogP contribution is 2.21. The fourth-order valence-electron chi connectivity index (χ4n) is 1.56. The number of aromatic nitrogens is 2. The van der Waals surface area contributed by atoms with Crippen LogP contribution in [0.3, 0.4) is 0 Å². The molecule has 0 aliphatic heterocycles. The van der Waals surface area contributed by atoms with E-state index in [-0.39, 0.29) is 11.9 Å². The van der Waals surface area contributed by atoms with Crippen molar-refractivity contribution in [2.45, 2.75) is 6.10 Å². The second kappa shape index (κ2) is 4.97. The molecule has 1 aromatic carbocycles. The topological polar surface area (TPSA) is 53.1 Å². The molecule has 17 heavy (non-hydrogen) atoms. The first-order valence-electron chi connectivity index (χ1n) is 5.30. The van der Waals surface area contributed by atoms with Crippen LogP contribution in [0, 0.1) is 5.82 Å². The SMILES string of the molecule is Cn1cc(C(CN)Oc2cccc(F)c2)cn1. The highest BCUT2D eigenvalue weighted by atomic mass is 19.1. The zero-order valence-corrected chi connectivity index (χ0v) is 9.51. The van der Waals surface area contributed by atoms with Gasteiger partial charge < -0.3 is 10.5 Å². The zero-order chi connectivity index (χ0) is 12.3. The van der Waals surface area contributed by atoms with Gasteiger partial charge in [0.05, 0.1) is 6.20 Å². The summed E-state index contributed by atoms with van der Waals surface area (Å²) in [6, 6.07) is 6.00. The van der Waals surface area contributed by atoms with Crippen molar-refractivity contribution in [1.82, 2.24) is 9.78 Å². The van der Waals surface area contributed by atoms with Crippen molar-refractivity contribution in [3.63, 3.8) is 0 Å². The quantitative estimate of drug-likeness (QED) is 0.876. The Labute approximate surface area is 98.8 Å². The van der Waals surface area contributed by atoms with Crippen LogP contribution in [0.2, 0.25) is 0 Å². The van der Waals surface area contributed by atoms with Crippen LogP contribution in [0.4, 0.5) is 4.39 Å². The van der Waals surface area contributed by atoms with Gasteiger partial charge in [-0.1, -0.05) is 6.07 Å². The molecule has 5 heteroatoms. The van der Waals surface area contributed by atoms with Crippen LogP contribution in [0.5, 0.6) is 5.75 Å². The van der Waals surface area contributed by atoms with Crippen molar-refractivity contribution in [1.29, 1.82) is 0 Å². The lowest BCUT2D eigenvalue weighted by Crippen LogP contribution is -2.18. The molecular weight excluding hydrogens is 221 g/mol. The van der Waals surface area contributed by atoms with Crippen LogP contribution in [-0.2, 0) is 7.05 Å². The van der Waals surface area contributed by atoms with E-state index in [0.29, 0.717) is 12.3 Å². The summed E-state index contributed by atoms with van der Waals surface area (Å²) in [6.07, 6.45) is 3.21. The van der Waals surface area contributed by atoms with Crippen LogP contribution < -0.4 is 10.5 Å². The van der Waals surface area contributed by atoms with Crippen LogP contribution >= 0.6 is 0 Å². The second-order valence-corrected chi connectivity index (χ2v) is 3.75. The number of hydrogen-bond donors (Lipinski definition) is 1. The molecule has 0 saturated heterocycles. The molecular formula is C12H14FN3O. The standard InChI is InChI=1S/C12H14FN3O/c1-16-8-9(7-15-16)12(6-14)17-11-4-2-3-10(13)5-11/h2-5,7-8,12H,6,14H2,1H3. The van der Waals surface area contributed by atoms with Gasteiger partial charge in [0.15, 0.2) is 0 Å². The maximum Gasteiger partial charge on any atom is 0.139 e. The van der Waals surface area contributed by atoms with Crippen LogP contribution in [0.15, 0.2) is 36.7 Å². The van der Waals surface area contributed by atoms with Gasteiger partial charge in [0.25, 0.3) is 0 Å². The summed E-state index contributed by atoms with van der Waals surface area (Å²) in [4.78, 5) is 0. The number of hydrogen-bond acceptors (Lipinski definition) is 3. The molecule has 0 radical (unpaired) electrons. The highest BCUT2D eigenvalue weighted by molar-refractivity contribution is 5.24. The fraction of sp³-hybridized carbons (Fsp3) is 0.250. The van der Waals surface area contributed by atoms with Gasteiger partial charge in [-0.05, 0) is 12.1 Å². The van der Waals surface area contributed by atoms with Gasteiger partial charge in [0.1, 0.15) is 17.7 Å². The predicted molar refractivity (Wildman–Crippen MR) is 62.0 cm³/mol. The van der Waals surface area contributed by atoms with Crippen molar-refractivity contribution in [3.8, 4) is 5.75 Å². The van der Waals surface area contributed by atoms with Gasteiger partial charge >= 0.3 is 0 Å². The molecule has 0 fully saturated rings. The number of halogens is 1. The Bertz CT molecular complexity index is 498. The molecule has 2 N–H and O–H groups in total. The van der Waals surface area contributed by atoms with E-state index in [0.717, 1.165) is 5.56 Å². The van der Waals surface area contributed by atoms with Gasteiger partial charge in [-0.15, -0.1) is 0 Å². The van der Waals surface area contributed by atoms with Crippen LogP contribution in [0.25, 0.3) is 0 Å². The summed E-state index contributed by atoms with van der Waals surface area (Å²) in [6.45, 7) is 0.308. The number of rotatable bonds is 4. The van der Waals surface area contributed by atoms with Crippen molar-refractivity contribution in [2.75, 3.05) is 6.54 Å². The summed E-state index contributed by atoms with van der Waals surface area (Å²) in [5.74, 6) is 0.133. The number of nitrogens with zero attached hydrogens (tertiary/aromatic N) is 2. The van der Waals surface area contributed by atoms with E-state index >= 15 is 0 Å². The smallest absolute Gasteiger partial charge is 0.139 e. The monoisotopic (exact) mass is 235 g/mol. The van der Waals surface area contributed by atoms with E-state index in [1.165, 1.54) is 12.1 Å². The molecule has 0 saturated carbocycles. The normalized spacial score (nSPS) is 12.4. The summed E-state index contributed by atoms with van der Waals surface area (Å²) in [5, 5.41) is 4.05. The first-order chi connectivity index (χ1) is 8.19. The van der Waals surface area contributed by atoms with Gasteiger partial charge in [0, 0.05) is 31.4 Å². The Balaban J connectivity index is 2.15. The average molecular weight is 235 g/mol. The Morgan fingerprint density at radius 2 is 2.35 bits per heavy atom. The predicted octanol–water partition coefficient (Wildman–Crippen LogP) is 1.64. The lowest BCUT2D eigenvalue weighted by atomic mass is 10.2. The van der Waals surface area contributed by atoms with Gasteiger partial charge in [-0.3, -0.25) is 4.68 Å². The summed E-state index contributed by atoms with van der Waals surface area (Å²) in [7, 11) is 1.82. The average Bonchev–Trinajstić information content (AvgIpc) is 2.73. The molecule has 2 rings (SSSR count). The third-order valence-electron chi connectivity index (χ3n) is 2.39. The summed E-state index contributed by atoms with van der Waals surface area (Å²) < 4.78 is 20.3. The van der Waals surface area contributed by atoms with E-state index in [1.807, 2.05) is 13.2 Å². The Hall–Kier alpha value is -1.88. The summed E-state index contributed by atoms with van der Waals surface area (Å²) >= 11 is 0. The third-order valence-corrected chi connectivity index (χ3v) is 2.39. The molecule has 1 atom stereocenters. The molecule has 1 heterocycles. The number of nitrogens with two attached hydrogens (primary N) is 1. The largest absolute Gasteiger partial charge is 0.484 e. The number of aryl methyl sites for hydroxylation is 1. The lowest BCUT2D eigenvalue weighted by molar-refractivity contribution is 0.213. The molecule has 1 aromatic heterocycles. The van der Waals surface area contributed by atoms with E-state index in [9.17, 15) is 4.39 Å². The molecule has 4 nitrogen and oxygen atoms in total. The number of ether oxygens (including phenoxy) is 1. The molecule has 0 amide bonds. The van der Waals surface area contributed by atoms with E-state index < -0.39 is 0 Å². The molecule has 1 unspecified atom stereocenters. The Morgan fingerprint density at radius 3 is 2.94 bits per heavy atom. The Kier molecular flexibility index (Phi) is 3.39. The van der Waals surface area contributed by atoms with Gasteiger partial charge in [-0.25, -0.2) is 4.39 Å². The number of benzene rings is 1. The molecule has 2 aromatic rings. The molecule has 90 valence electrons. The van der Waals surface area contributed by atoms with Crippen molar-refractivity contribution in [3.05, 3.63) is 48.0 Å². The van der Waals surface area contributed by atoms with Crippen molar-refractivity contribution in [2.24, 2.45) is 12.8 Å². The zero-order valence-electron chi connectivity index (χ0n) is 9.51.